The first-order valence-electron chi connectivity index (χ1n) is 8.21. The first-order chi connectivity index (χ1) is 11.3. The van der Waals surface area contributed by atoms with Crippen molar-refractivity contribution in [2.75, 3.05) is 11.9 Å². The number of benzene rings is 2. The molecule has 23 heavy (non-hydrogen) atoms. The molecule has 1 N–H and O–H groups in total. The van der Waals surface area contributed by atoms with E-state index >= 15 is 0 Å². The third-order valence-corrected chi connectivity index (χ3v) is 4.87. The number of allylic oxidation sites excluding steroid dienone is 2. The number of rotatable bonds is 3. The smallest absolute Gasteiger partial charge is 0.123 e. The fourth-order valence-electron chi connectivity index (χ4n) is 3.83. The van der Waals surface area contributed by atoms with E-state index in [0.717, 1.165) is 23.4 Å². The quantitative estimate of drug-likeness (QED) is 0.801. The molecule has 0 bridgehead atoms. The third kappa shape index (κ3) is 2.50. The van der Waals surface area contributed by atoms with Crippen LogP contribution in [-0.4, -0.2) is 6.61 Å². The lowest BCUT2D eigenvalue weighted by atomic mass is 9.77. The maximum absolute atomic E-state index is 13.2. The van der Waals surface area contributed by atoms with Gasteiger partial charge in [0.1, 0.15) is 11.6 Å². The monoisotopic (exact) mass is 309 g/mol. The SMILES string of the molecule is CCOc1ccc2c(c1)[C@@H]1C=CC[C@H]1[C@H](c1ccc(F)cc1)N2. The van der Waals surface area contributed by atoms with Crippen LogP contribution in [0.3, 0.4) is 0 Å². The highest BCUT2D eigenvalue weighted by atomic mass is 19.1. The van der Waals surface area contributed by atoms with Gasteiger partial charge in [0.25, 0.3) is 0 Å². The van der Waals surface area contributed by atoms with Crippen molar-refractivity contribution in [2.24, 2.45) is 5.92 Å². The summed E-state index contributed by atoms with van der Waals surface area (Å²) in [4.78, 5) is 0. The maximum Gasteiger partial charge on any atom is 0.123 e. The van der Waals surface area contributed by atoms with Gasteiger partial charge in [0, 0.05) is 11.6 Å². The van der Waals surface area contributed by atoms with Gasteiger partial charge in [-0.15, -0.1) is 0 Å². The van der Waals surface area contributed by atoms with Crippen molar-refractivity contribution >= 4 is 5.69 Å². The molecule has 1 aliphatic carbocycles. The number of ether oxygens (including phenoxy) is 1. The van der Waals surface area contributed by atoms with Crippen molar-refractivity contribution in [3.05, 3.63) is 71.6 Å². The number of nitrogens with one attached hydrogen (secondary N) is 1. The molecule has 1 heterocycles. The lowest BCUT2D eigenvalue weighted by Crippen LogP contribution is -2.29. The second kappa shape index (κ2) is 5.73. The Bertz CT molecular complexity index is 738. The van der Waals surface area contributed by atoms with Crippen LogP contribution in [0.15, 0.2) is 54.6 Å². The Labute approximate surface area is 136 Å². The highest BCUT2D eigenvalue weighted by molar-refractivity contribution is 5.61. The van der Waals surface area contributed by atoms with E-state index < -0.39 is 0 Å². The van der Waals surface area contributed by atoms with Gasteiger partial charge in [-0.25, -0.2) is 4.39 Å². The average Bonchev–Trinajstić information content (AvgIpc) is 3.05. The van der Waals surface area contributed by atoms with Gasteiger partial charge in [-0.3, -0.25) is 0 Å². The first kappa shape index (κ1) is 14.3. The molecule has 0 radical (unpaired) electrons. The molecule has 3 heteroatoms. The molecular weight excluding hydrogens is 289 g/mol. The minimum Gasteiger partial charge on any atom is -0.494 e. The number of fused-ring (bicyclic) bond motifs is 3. The van der Waals surface area contributed by atoms with E-state index in [4.69, 9.17) is 4.74 Å². The molecule has 118 valence electrons. The Kier molecular flexibility index (Phi) is 3.56. The normalized spacial score (nSPS) is 24.7. The topological polar surface area (TPSA) is 21.3 Å². The van der Waals surface area contributed by atoms with Crippen LogP contribution in [0.5, 0.6) is 5.75 Å². The van der Waals surface area contributed by atoms with Crippen molar-refractivity contribution in [3.63, 3.8) is 0 Å². The fraction of sp³-hybridized carbons (Fsp3) is 0.300. The van der Waals surface area contributed by atoms with Crippen molar-refractivity contribution in [3.8, 4) is 5.75 Å². The van der Waals surface area contributed by atoms with Gasteiger partial charge in [-0.2, -0.15) is 0 Å². The van der Waals surface area contributed by atoms with Gasteiger partial charge in [0.05, 0.1) is 12.6 Å². The highest BCUT2D eigenvalue weighted by Crippen LogP contribution is 2.50. The van der Waals surface area contributed by atoms with E-state index in [-0.39, 0.29) is 11.9 Å². The van der Waals surface area contributed by atoms with Crippen LogP contribution in [-0.2, 0) is 0 Å². The van der Waals surface area contributed by atoms with Crippen molar-refractivity contribution in [2.45, 2.75) is 25.3 Å². The third-order valence-electron chi connectivity index (χ3n) is 4.87. The summed E-state index contributed by atoms with van der Waals surface area (Å²) in [7, 11) is 0. The van der Waals surface area contributed by atoms with E-state index in [2.05, 4.69) is 29.6 Å². The number of hydrogen-bond acceptors (Lipinski definition) is 2. The molecule has 0 aromatic heterocycles. The van der Waals surface area contributed by atoms with Crippen molar-refractivity contribution < 1.29 is 9.13 Å². The number of hydrogen-bond donors (Lipinski definition) is 1. The lowest BCUT2D eigenvalue weighted by Gasteiger charge is -2.37. The molecule has 1 aliphatic heterocycles. The molecular formula is C20H20FNO. The van der Waals surface area contributed by atoms with Crippen LogP contribution < -0.4 is 10.1 Å². The van der Waals surface area contributed by atoms with E-state index in [9.17, 15) is 4.39 Å². The number of halogens is 1. The van der Waals surface area contributed by atoms with Gasteiger partial charge in [0.15, 0.2) is 0 Å². The summed E-state index contributed by atoms with van der Waals surface area (Å²) in [5, 5.41) is 3.66. The standard InChI is InChI=1S/C20H20FNO/c1-2-23-15-10-11-19-18(12-15)16-4-3-5-17(16)20(22-19)13-6-8-14(21)9-7-13/h3-4,6-12,16-17,20,22H,2,5H2,1H3/t16-,17-,20+/m1/s1. The molecule has 2 aromatic rings. The summed E-state index contributed by atoms with van der Waals surface area (Å²) in [5.41, 5.74) is 3.59. The zero-order valence-corrected chi connectivity index (χ0v) is 13.1. The molecule has 3 atom stereocenters. The Morgan fingerprint density at radius 1 is 1.17 bits per heavy atom. The van der Waals surface area contributed by atoms with E-state index in [0.29, 0.717) is 18.4 Å². The molecule has 0 unspecified atom stereocenters. The number of anilines is 1. The molecule has 0 amide bonds. The maximum atomic E-state index is 13.2. The van der Waals surface area contributed by atoms with Crippen LogP contribution in [0.4, 0.5) is 10.1 Å². The van der Waals surface area contributed by atoms with E-state index in [1.807, 2.05) is 25.1 Å². The molecule has 0 saturated heterocycles. The average molecular weight is 309 g/mol. The Balaban J connectivity index is 1.72. The zero-order chi connectivity index (χ0) is 15.8. The minimum absolute atomic E-state index is 0.188. The van der Waals surface area contributed by atoms with Gasteiger partial charge in [-0.1, -0.05) is 24.3 Å². The zero-order valence-electron chi connectivity index (χ0n) is 13.1. The summed E-state index contributed by atoms with van der Waals surface area (Å²) in [6, 6.07) is 13.3. The molecule has 0 fully saturated rings. The highest BCUT2D eigenvalue weighted by Gasteiger charge is 2.37. The summed E-state index contributed by atoms with van der Waals surface area (Å²) in [5.74, 6) is 1.59. The van der Waals surface area contributed by atoms with Crippen molar-refractivity contribution in [1.82, 2.24) is 0 Å². The van der Waals surface area contributed by atoms with E-state index in [1.165, 1.54) is 5.56 Å². The van der Waals surface area contributed by atoms with Gasteiger partial charge >= 0.3 is 0 Å². The molecule has 0 saturated carbocycles. The fourth-order valence-corrected chi connectivity index (χ4v) is 3.83. The molecule has 0 spiro atoms. The molecule has 2 aliphatic rings. The second-order valence-corrected chi connectivity index (χ2v) is 6.21. The van der Waals surface area contributed by atoms with Crippen molar-refractivity contribution in [1.29, 1.82) is 0 Å². The predicted molar refractivity (Wildman–Crippen MR) is 90.4 cm³/mol. The van der Waals surface area contributed by atoms with Crippen LogP contribution in [0, 0.1) is 11.7 Å². The van der Waals surface area contributed by atoms with Crippen LogP contribution in [0.2, 0.25) is 0 Å². The molecule has 2 nitrogen and oxygen atoms in total. The summed E-state index contributed by atoms with van der Waals surface area (Å²) >= 11 is 0. The Morgan fingerprint density at radius 2 is 2.00 bits per heavy atom. The first-order valence-corrected chi connectivity index (χ1v) is 8.21. The van der Waals surface area contributed by atoms with Crippen LogP contribution >= 0.6 is 0 Å². The van der Waals surface area contributed by atoms with Crippen LogP contribution in [0.1, 0.15) is 36.4 Å². The molecule has 2 aromatic carbocycles. The lowest BCUT2D eigenvalue weighted by molar-refractivity contribution is 0.338. The predicted octanol–water partition coefficient (Wildman–Crippen LogP) is 5.05. The Morgan fingerprint density at radius 3 is 2.78 bits per heavy atom. The van der Waals surface area contributed by atoms with Gasteiger partial charge in [-0.05, 0) is 60.7 Å². The second-order valence-electron chi connectivity index (χ2n) is 6.21. The van der Waals surface area contributed by atoms with Crippen LogP contribution in [0.25, 0.3) is 0 Å². The van der Waals surface area contributed by atoms with Gasteiger partial charge in [0.2, 0.25) is 0 Å². The summed E-state index contributed by atoms with van der Waals surface area (Å²) in [6.45, 7) is 2.68. The summed E-state index contributed by atoms with van der Waals surface area (Å²) in [6.07, 6.45) is 5.60. The molecule has 4 rings (SSSR count). The van der Waals surface area contributed by atoms with E-state index in [1.54, 1.807) is 12.1 Å². The summed E-state index contributed by atoms with van der Waals surface area (Å²) < 4.78 is 18.9. The largest absolute Gasteiger partial charge is 0.494 e. The Hall–Kier alpha value is -2.29. The van der Waals surface area contributed by atoms with Gasteiger partial charge < -0.3 is 10.1 Å². The minimum atomic E-state index is -0.188.